The van der Waals surface area contributed by atoms with E-state index in [1.165, 1.54) is 12.1 Å². The monoisotopic (exact) mass is 220 g/mol. The number of furan rings is 1. The van der Waals surface area contributed by atoms with Crippen molar-refractivity contribution in [2.75, 3.05) is 0 Å². The summed E-state index contributed by atoms with van der Waals surface area (Å²) >= 11 is 0. The highest BCUT2D eigenvalue weighted by atomic mass is 19.1. The van der Waals surface area contributed by atoms with Gasteiger partial charge in [-0.25, -0.2) is 9.82 Å². The smallest absolute Gasteiger partial charge is 0.126 e. The van der Waals surface area contributed by atoms with Gasteiger partial charge in [0.15, 0.2) is 0 Å². The van der Waals surface area contributed by atoms with Gasteiger partial charge in [0, 0.05) is 0 Å². The summed E-state index contributed by atoms with van der Waals surface area (Å²) in [4.78, 5) is 0. The Kier molecular flexibility index (Phi) is 3.03. The Balaban J connectivity index is 2.44. The second-order valence-corrected chi connectivity index (χ2v) is 3.62. The molecule has 3 nitrogen and oxygen atoms in total. The van der Waals surface area contributed by atoms with Crippen LogP contribution >= 0.6 is 0 Å². The molecule has 0 radical (unpaired) electrons. The largest absolute Gasteiger partial charge is 0.467 e. The summed E-state index contributed by atoms with van der Waals surface area (Å²) in [6.45, 7) is 1.90. The van der Waals surface area contributed by atoms with Gasteiger partial charge in [0.05, 0.1) is 6.26 Å². The lowest BCUT2D eigenvalue weighted by atomic mass is 10.00. The van der Waals surface area contributed by atoms with E-state index in [4.69, 9.17) is 10.3 Å². The van der Waals surface area contributed by atoms with E-state index in [2.05, 4.69) is 5.43 Å². The molecule has 1 unspecified atom stereocenters. The van der Waals surface area contributed by atoms with Crippen LogP contribution in [0.15, 0.2) is 41.0 Å². The lowest BCUT2D eigenvalue weighted by molar-refractivity contribution is 0.450. The van der Waals surface area contributed by atoms with Crippen LogP contribution < -0.4 is 11.3 Å². The third kappa shape index (κ3) is 1.98. The molecule has 16 heavy (non-hydrogen) atoms. The number of aryl methyl sites for hydroxylation is 1. The number of hydrazine groups is 1. The molecule has 1 heterocycles. The maximum atomic E-state index is 13.2. The molecule has 1 aromatic heterocycles. The topological polar surface area (TPSA) is 51.2 Å². The summed E-state index contributed by atoms with van der Waals surface area (Å²) in [6, 6.07) is 7.85. The van der Waals surface area contributed by atoms with Crippen molar-refractivity contribution < 1.29 is 8.81 Å². The summed E-state index contributed by atoms with van der Waals surface area (Å²) in [7, 11) is 0. The van der Waals surface area contributed by atoms with E-state index in [9.17, 15) is 4.39 Å². The normalized spacial score (nSPS) is 12.7. The minimum absolute atomic E-state index is 0.285. The first-order valence-electron chi connectivity index (χ1n) is 4.98. The van der Waals surface area contributed by atoms with E-state index in [0.717, 1.165) is 11.1 Å². The molecule has 0 fully saturated rings. The maximum Gasteiger partial charge on any atom is 0.126 e. The van der Waals surface area contributed by atoms with Gasteiger partial charge >= 0.3 is 0 Å². The summed E-state index contributed by atoms with van der Waals surface area (Å²) < 4.78 is 18.5. The van der Waals surface area contributed by atoms with E-state index >= 15 is 0 Å². The van der Waals surface area contributed by atoms with Gasteiger partial charge in [-0.3, -0.25) is 5.84 Å². The van der Waals surface area contributed by atoms with Gasteiger partial charge in [-0.2, -0.15) is 0 Å². The molecular formula is C12H13FN2O. The van der Waals surface area contributed by atoms with E-state index < -0.39 is 0 Å². The quantitative estimate of drug-likeness (QED) is 0.616. The molecule has 2 aromatic rings. The molecule has 0 aliphatic rings. The van der Waals surface area contributed by atoms with Crippen molar-refractivity contribution in [1.82, 2.24) is 5.43 Å². The van der Waals surface area contributed by atoms with E-state index in [1.54, 1.807) is 24.5 Å². The first-order chi connectivity index (χ1) is 7.72. The minimum Gasteiger partial charge on any atom is -0.467 e. The number of nitrogens with two attached hydrogens (primary N) is 1. The van der Waals surface area contributed by atoms with Crippen LogP contribution in [0.4, 0.5) is 4.39 Å². The Morgan fingerprint density at radius 3 is 2.81 bits per heavy atom. The van der Waals surface area contributed by atoms with Crippen molar-refractivity contribution in [3.05, 3.63) is 59.3 Å². The summed E-state index contributed by atoms with van der Waals surface area (Å²) in [5.74, 6) is 5.86. The molecule has 0 spiro atoms. The Labute approximate surface area is 93.0 Å². The lowest BCUT2D eigenvalue weighted by Crippen LogP contribution is -2.29. The predicted octanol–water partition coefficient (Wildman–Crippen LogP) is 2.28. The fourth-order valence-electron chi connectivity index (χ4n) is 1.70. The molecule has 2 rings (SSSR count). The van der Waals surface area contributed by atoms with Gasteiger partial charge < -0.3 is 4.42 Å². The molecule has 84 valence electrons. The van der Waals surface area contributed by atoms with E-state index in [0.29, 0.717) is 5.76 Å². The number of halogens is 1. The Hall–Kier alpha value is -1.65. The molecular weight excluding hydrogens is 207 g/mol. The van der Waals surface area contributed by atoms with Crippen LogP contribution in [-0.2, 0) is 0 Å². The zero-order chi connectivity index (χ0) is 11.5. The van der Waals surface area contributed by atoms with Crippen molar-refractivity contribution in [3.63, 3.8) is 0 Å². The zero-order valence-electron chi connectivity index (χ0n) is 8.91. The lowest BCUT2D eigenvalue weighted by Gasteiger charge is -2.16. The van der Waals surface area contributed by atoms with Gasteiger partial charge in [-0.05, 0) is 42.3 Å². The van der Waals surface area contributed by atoms with Crippen LogP contribution in [0.1, 0.15) is 22.9 Å². The highest BCUT2D eigenvalue weighted by molar-refractivity contribution is 5.33. The molecule has 4 heteroatoms. The van der Waals surface area contributed by atoms with Crippen molar-refractivity contribution in [2.24, 2.45) is 5.84 Å². The predicted molar refractivity (Wildman–Crippen MR) is 59.0 cm³/mol. The number of nitrogens with one attached hydrogen (secondary N) is 1. The van der Waals surface area contributed by atoms with E-state index in [1.807, 2.05) is 6.92 Å². The molecule has 0 saturated carbocycles. The number of benzene rings is 1. The Bertz CT molecular complexity index is 468. The highest BCUT2D eigenvalue weighted by Gasteiger charge is 2.17. The summed E-state index contributed by atoms with van der Waals surface area (Å²) in [5.41, 5.74) is 4.36. The third-order valence-corrected chi connectivity index (χ3v) is 2.55. The van der Waals surface area contributed by atoms with Crippen LogP contribution in [0.3, 0.4) is 0 Å². The fraction of sp³-hybridized carbons (Fsp3) is 0.167. The standard InChI is InChI=1S/C12H13FN2O/c1-8-4-5-9(13)7-10(8)12(15-14)11-3-2-6-16-11/h2-7,12,15H,14H2,1H3. The summed E-state index contributed by atoms with van der Waals surface area (Å²) in [5, 5.41) is 0. The number of hydrogen-bond acceptors (Lipinski definition) is 3. The fourth-order valence-corrected chi connectivity index (χ4v) is 1.70. The molecule has 0 aliphatic carbocycles. The van der Waals surface area contributed by atoms with Crippen LogP contribution in [-0.4, -0.2) is 0 Å². The molecule has 0 amide bonds. The maximum absolute atomic E-state index is 13.2. The molecule has 1 atom stereocenters. The molecule has 0 bridgehead atoms. The number of rotatable bonds is 3. The van der Waals surface area contributed by atoms with Crippen molar-refractivity contribution in [1.29, 1.82) is 0 Å². The Morgan fingerprint density at radius 2 is 2.19 bits per heavy atom. The van der Waals surface area contributed by atoms with Gasteiger partial charge in [-0.15, -0.1) is 0 Å². The first kappa shape index (κ1) is 10.9. The molecule has 0 saturated heterocycles. The van der Waals surface area contributed by atoms with Crippen LogP contribution in [0, 0.1) is 12.7 Å². The second-order valence-electron chi connectivity index (χ2n) is 3.62. The second kappa shape index (κ2) is 4.47. The van der Waals surface area contributed by atoms with Crippen molar-refractivity contribution >= 4 is 0 Å². The first-order valence-corrected chi connectivity index (χ1v) is 4.98. The van der Waals surface area contributed by atoms with Gasteiger partial charge in [-0.1, -0.05) is 6.07 Å². The Morgan fingerprint density at radius 1 is 1.38 bits per heavy atom. The molecule has 0 aliphatic heterocycles. The van der Waals surface area contributed by atoms with Crippen molar-refractivity contribution in [2.45, 2.75) is 13.0 Å². The van der Waals surface area contributed by atoms with Gasteiger partial charge in [0.25, 0.3) is 0 Å². The van der Waals surface area contributed by atoms with Crippen LogP contribution in [0.2, 0.25) is 0 Å². The van der Waals surface area contributed by atoms with Gasteiger partial charge in [0.1, 0.15) is 17.6 Å². The molecule has 1 aromatic carbocycles. The van der Waals surface area contributed by atoms with Gasteiger partial charge in [0.2, 0.25) is 0 Å². The van der Waals surface area contributed by atoms with E-state index in [-0.39, 0.29) is 11.9 Å². The zero-order valence-corrected chi connectivity index (χ0v) is 8.91. The van der Waals surface area contributed by atoms with Crippen LogP contribution in [0.25, 0.3) is 0 Å². The number of hydrogen-bond donors (Lipinski definition) is 2. The minimum atomic E-state index is -0.328. The average Bonchev–Trinajstić information content (AvgIpc) is 2.78. The van der Waals surface area contributed by atoms with Crippen molar-refractivity contribution in [3.8, 4) is 0 Å². The molecule has 3 N–H and O–H groups in total. The highest BCUT2D eigenvalue weighted by Crippen LogP contribution is 2.25. The third-order valence-electron chi connectivity index (χ3n) is 2.55. The summed E-state index contributed by atoms with van der Waals surface area (Å²) in [6.07, 6.45) is 1.56. The average molecular weight is 220 g/mol. The van der Waals surface area contributed by atoms with Crippen LogP contribution in [0.5, 0.6) is 0 Å². The SMILES string of the molecule is Cc1ccc(F)cc1C(NN)c1ccco1.